The molecule has 5 heteroatoms. The number of amides is 2. The van der Waals surface area contributed by atoms with E-state index in [4.69, 9.17) is 0 Å². The topological polar surface area (TPSA) is 61.8 Å². The zero-order valence-electron chi connectivity index (χ0n) is 9.11. The molecule has 0 aromatic rings. The lowest BCUT2D eigenvalue weighted by Gasteiger charge is -2.16. The SMILES string of the molecule is O=C1CCC(CCC(=O)N2CC=CC2)=NN1. The number of hydrogen-bond donors (Lipinski definition) is 1. The molecule has 0 saturated heterocycles. The Hall–Kier alpha value is -1.65. The zero-order chi connectivity index (χ0) is 11.4. The van der Waals surface area contributed by atoms with Gasteiger partial charge in [0.1, 0.15) is 0 Å². The molecule has 2 amide bonds. The van der Waals surface area contributed by atoms with E-state index in [-0.39, 0.29) is 11.8 Å². The summed E-state index contributed by atoms with van der Waals surface area (Å²) in [5.74, 6) is 0.114. The van der Waals surface area contributed by atoms with Gasteiger partial charge >= 0.3 is 0 Å². The summed E-state index contributed by atoms with van der Waals surface area (Å²) in [5.41, 5.74) is 3.35. The minimum absolute atomic E-state index is 0.0428. The lowest BCUT2D eigenvalue weighted by atomic mass is 10.1. The molecule has 2 heterocycles. The summed E-state index contributed by atoms with van der Waals surface area (Å²) >= 11 is 0. The lowest BCUT2D eigenvalue weighted by molar-refractivity contribution is -0.129. The van der Waals surface area contributed by atoms with E-state index in [1.54, 1.807) is 0 Å². The molecule has 0 radical (unpaired) electrons. The molecule has 2 rings (SSSR count). The van der Waals surface area contributed by atoms with Crippen molar-refractivity contribution in [1.82, 2.24) is 10.3 Å². The van der Waals surface area contributed by atoms with Crippen LogP contribution in [0.4, 0.5) is 0 Å². The molecule has 2 aliphatic rings. The van der Waals surface area contributed by atoms with Crippen molar-refractivity contribution in [2.45, 2.75) is 25.7 Å². The number of carbonyl (C=O) groups excluding carboxylic acids is 2. The molecule has 0 saturated carbocycles. The van der Waals surface area contributed by atoms with Crippen LogP contribution in [0.1, 0.15) is 25.7 Å². The normalized spacial score (nSPS) is 19.6. The molecule has 16 heavy (non-hydrogen) atoms. The molecule has 0 atom stereocenters. The van der Waals surface area contributed by atoms with Crippen LogP contribution in [0.5, 0.6) is 0 Å². The number of nitrogens with one attached hydrogen (secondary N) is 1. The summed E-state index contributed by atoms with van der Waals surface area (Å²) in [7, 11) is 0. The number of carbonyl (C=O) groups is 2. The molecule has 0 aromatic carbocycles. The van der Waals surface area contributed by atoms with Crippen molar-refractivity contribution in [1.29, 1.82) is 0 Å². The first-order valence-corrected chi connectivity index (χ1v) is 5.53. The highest BCUT2D eigenvalue weighted by Crippen LogP contribution is 2.08. The molecule has 86 valence electrons. The molecule has 0 bridgehead atoms. The van der Waals surface area contributed by atoms with Gasteiger partial charge in [-0.15, -0.1) is 0 Å². The second-order valence-electron chi connectivity index (χ2n) is 3.98. The summed E-state index contributed by atoms with van der Waals surface area (Å²) in [5, 5.41) is 3.94. The van der Waals surface area contributed by atoms with Crippen molar-refractivity contribution < 1.29 is 9.59 Å². The minimum Gasteiger partial charge on any atom is -0.335 e. The Labute approximate surface area is 94.2 Å². The predicted molar refractivity (Wildman–Crippen MR) is 59.8 cm³/mol. The number of rotatable bonds is 3. The number of hydrazone groups is 1. The first-order valence-electron chi connectivity index (χ1n) is 5.53. The average molecular weight is 221 g/mol. The van der Waals surface area contributed by atoms with E-state index in [1.165, 1.54) is 0 Å². The summed E-state index contributed by atoms with van der Waals surface area (Å²) in [6.45, 7) is 1.45. The van der Waals surface area contributed by atoms with Gasteiger partial charge in [-0.3, -0.25) is 9.59 Å². The van der Waals surface area contributed by atoms with Gasteiger partial charge in [-0.25, -0.2) is 5.43 Å². The van der Waals surface area contributed by atoms with E-state index in [1.807, 2.05) is 17.1 Å². The van der Waals surface area contributed by atoms with Crippen molar-refractivity contribution >= 4 is 17.5 Å². The van der Waals surface area contributed by atoms with Crippen LogP contribution in [-0.2, 0) is 9.59 Å². The highest BCUT2D eigenvalue weighted by atomic mass is 16.2. The fourth-order valence-electron chi connectivity index (χ4n) is 1.78. The van der Waals surface area contributed by atoms with Crippen LogP contribution in [-0.4, -0.2) is 35.5 Å². The first-order chi connectivity index (χ1) is 7.75. The summed E-state index contributed by atoms with van der Waals surface area (Å²) in [4.78, 5) is 24.4. The van der Waals surface area contributed by atoms with Gasteiger partial charge in [0.25, 0.3) is 0 Å². The van der Waals surface area contributed by atoms with Crippen LogP contribution < -0.4 is 5.43 Å². The van der Waals surface area contributed by atoms with Crippen LogP contribution in [0, 0.1) is 0 Å². The van der Waals surface area contributed by atoms with Gasteiger partial charge in [0.15, 0.2) is 0 Å². The number of hydrogen-bond acceptors (Lipinski definition) is 3. The van der Waals surface area contributed by atoms with E-state index in [0.717, 1.165) is 18.8 Å². The Morgan fingerprint density at radius 3 is 2.75 bits per heavy atom. The van der Waals surface area contributed by atoms with Crippen molar-refractivity contribution in [3.05, 3.63) is 12.2 Å². The van der Waals surface area contributed by atoms with Gasteiger partial charge in [0, 0.05) is 31.6 Å². The van der Waals surface area contributed by atoms with E-state index in [9.17, 15) is 9.59 Å². The van der Waals surface area contributed by atoms with Crippen molar-refractivity contribution in [2.24, 2.45) is 5.10 Å². The van der Waals surface area contributed by atoms with Crippen molar-refractivity contribution in [3.63, 3.8) is 0 Å². The average Bonchev–Trinajstić information content (AvgIpc) is 2.81. The van der Waals surface area contributed by atoms with Crippen LogP contribution in [0.25, 0.3) is 0 Å². The molecule has 0 spiro atoms. The van der Waals surface area contributed by atoms with Crippen LogP contribution in [0.15, 0.2) is 17.3 Å². The van der Waals surface area contributed by atoms with Gasteiger partial charge in [0.05, 0.1) is 0 Å². The third-order valence-electron chi connectivity index (χ3n) is 2.78. The van der Waals surface area contributed by atoms with E-state index in [0.29, 0.717) is 25.7 Å². The summed E-state index contributed by atoms with van der Waals surface area (Å²) < 4.78 is 0. The van der Waals surface area contributed by atoms with Gasteiger partial charge in [0.2, 0.25) is 11.8 Å². The van der Waals surface area contributed by atoms with Gasteiger partial charge in [-0.1, -0.05) is 12.2 Å². The molecule has 0 aromatic heterocycles. The smallest absolute Gasteiger partial charge is 0.240 e. The zero-order valence-corrected chi connectivity index (χ0v) is 9.11. The molecule has 0 aliphatic carbocycles. The van der Waals surface area contributed by atoms with Crippen LogP contribution >= 0.6 is 0 Å². The standard InChI is InChI=1S/C11H15N3O2/c15-10-5-3-9(12-13-10)4-6-11(16)14-7-1-2-8-14/h1-2H,3-8H2,(H,13,15). The van der Waals surface area contributed by atoms with Gasteiger partial charge < -0.3 is 4.90 Å². The number of nitrogens with zero attached hydrogens (tertiary/aromatic N) is 2. The fraction of sp³-hybridized carbons (Fsp3) is 0.545. The Balaban J connectivity index is 1.74. The maximum absolute atomic E-state index is 11.7. The molecular formula is C11H15N3O2. The van der Waals surface area contributed by atoms with E-state index < -0.39 is 0 Å². The van der Waals surface area contributed by atoms with Crippen LogP contribution in [0.3, 0.4) is 0 Å². The molecule has 0 unspecified atom stereocenters. The summed E-state index contributed by atoms with van der Waals surface area (Å²) in [6.07, 6.45) is 6.29. The second kappa shape index (κ2) is 4.92. The molecular weight excluding hydrogens is 206 g/mol. The monoisotopic (exact) mass is 221 g/mol. The van der Waals surface area contributed by atoms with Crippen molar-refractivity contribution in [2.75, 3.05) is 13.1 Å². The third kappa shape index (κ3) is 2.68. The van der Waals surface area contributed by atoms with Gasteiger partial charge in [-0.05, 0) is 12.8 Å². The van der Waals surface area contributed by atoms with Crippen LogP contribution in [0.2, 0.25) is 0 Å². The summed E-state index contributed by atoms with van der Waals surface area (Å²) in [6, 6.07) is 0. The Kier molecular flexibility index (Phi) is 3.34. The third-order valence-corrected chi connectivity index (χ3v) is 2.78. The van der Waals surface area contributed by atoms with Crippen molar-refractivity contribution in [3.8, 4) is 0 Å². The lowest BCUT2D eigenvalue weighted by Crippen LogP contribution is -2.30. The Morgan fingerprint density at radius 2 is 2.12 bits per heavy atom. The van der Waals surface area contributed by atoms with E-state index in [2.05, 4.69) is 10.5 Å². The highest BCUT2D eigenvalue weighted by Gasteiger charge is 2.16. The second-order valence-corrected chi connectivity index (χ2v) is 3.98. The predicted octanol–water partition coefficient (Wildman–Crippen LogP) is 0.431. The minimum atomic E-state index is -0.0428. The Bertz CT molecular complexity index is 352. The molecule has 1 N–H and O–H groups in total. The van der Waals surface area contributed by atoms with E-state index >= 15 is 0 Å². The largest absolute Gasteiger partial charge is 0.335 e. The molecule has 2 aliphatic heterocycles. The molecule has 5 nitrogen and oxygen atoms in total. The first kappa shape index (κ1) is 10.9. The quantitative estimate of drug-likeness (QED) is 0.702. The maximum atomic E-state index is 11.7. The maximum Gasteiger partial charge on any atom is 0.240 e. The fourth-order valence-corrected chi connectivity index (χ4v) is 1.78. The molecule has 0 fully saturated rings. The van der Waals surface area contributed by atoms with Gasteiger partial charge in [-0.2, -0.15) is 5.10 Å². The highest BCUT2D eigenvalue weighted by molar-refractivity contribution is 5.94. The Morgan fingerprint density at radius 1 is 1.38 bits per heavy atom.